The second-order valence-electron chi connectivity index (χ2n) is 7.70. The second-order valence-corrected chi connectivity index (χ2v) is 8.62. The maximum Gasteiger partial charge on any atom is 0.272 e. The highest BCUT2D eigenvalue weighted by molar-refractivity contribution is 9.10. The topological polar surface area (TPSA) is 75.5 Å². The first kappa shape index (κ1) is 17.6. The highest BCUT2D eigenvalue weighted by atomic mass is 79.9. The predicted octanol–water partition coefficient (Wildman–Crippen LogP) is 2.11. The van der Waals surface area contributed by atoms with Crippen molar-refractivity contribution in [3.63, 3.8) is 0 Å². The molecule has 5 rings (SSSR count). The largest absolute Gasteiger partial charge is 0.333 e. The zero-order chi connectivity index (χ0) is 19.6. The highest BCUT2D eigenvalue weighted by Gasteiger charge is 2.52. The molecule has 2 aliphatic heterocycles. The summed E-state index contributed by atoms with van der Waals surface area (Å²) in [6, 6.07) is 5.42. The van der Waals surface area contributed by atoms with E-state index in [0.717, 1.165) is 15.4 Å². The molecule has 2 unspecified atom stereocenters. The van der Waals surface area contributed by atoms with E-state index in [0.29, 0.717) is 31.6 Å². The number of carbonyl (C=O) groups is 3. The van der Waals surface area contributed by atoms with E-state index in [9.17, 15) is 14.4 Å². The summed E-state index contributed by atoms with van der Waals surface area (Å²) in [5, 5.41) is 5.21. The molecule has 28 heavy (non-hydrogen) atoms. The third kappa shape index (κ3) is 2.47. The van der Waals surface area contributed by atoms with Crippen LogP contribution in [0.15, 0.2) is 34.8 Å². The van der Waals surface area contributed by atoms with E-state index >= 15 is 0 Å². The summed E-state index contributed by atoms with van der Waals surface area (Å²) in [7, 11) is 1.75. The first-order valence-corrected chi connectivity index (χ1v) is 10.2. The lowest BCUT2D eigenvalue weighted by molar-refractivity contribution is -0.145. The molecule has 0 N–H and O–H groups in total. The fourth-order valence-corrected chi connectivity index (χ4v) is 4.90. The first-order valence-electron chi connectivity index (χ1n) is 9.39. The van der Waals surface area contributed by atoms with Crippen molar-refractivity contribution in [2.45, 2.75) is 18.9 Å². The normalized spacial score (nSPS) is 24.8. The van der Waals surface area contributed by atoms with Gasteiger partial charge in [-0.05, 0) is 31.0 Å². The van der Waals surface area contributed by atoms with Gasteiger partial charge < -0.3 is 4.90 Å². The summed E-state index contributed by atoms with van der Waals surface area (Å²) in [6.45, 7) is 0.763. The molecule has 3 aliphatic rings. The number of amides is 3. The number of allylic oxidation sites excluding steroid dienone is 2. The van der Waals surface area contributed by atoms with Gasteiger partial charge in [-0.25, -0.2) is 0 Å². The van der Waals surface area contributed by atoms with Gasteiger partial charge in [-0.2, -0.15) is 5.10 Å². The summed E-state index contributed by atoms with van der Waals surface area (Å²) in [6.07, 6.45) is 5.24. The Morgan fingerprint density at radius 3 is 2.39 bits per heavy atom. The molecular weight excluding hydrogens is 424 g/mol. The number of hydrogen-bond acceptors (Lipinski definition) is 4. The lowest BCUT2D eigenvalue weighted by Crippen LogP contribution is -2.62. The summed E-state index contributed by atoms with van der Waals surface area (Å²) in [4.78, 5) is 41.5. The van der Waals surface area contributed by atoms with Crippen LogP contribution in [0.25, 0.3) is 10.9 Å². The van der Waals surface area contributed by atoms with E-state index in [4.69, 9.17) is 0 Å². The standard InChI is InChI=1S/C20H19BrN4O3/c1-23-17(15-7-6-11(21)8-16(15)22-23)20(28)24-9-12(10-24)25-18(26)13-4-2-3-5-14(13)19(25)27/h2-3,6-8,12-14H,4-5,9-10H2,1H3. The van der Waals surface area contributed by atoms with Gasteiger partial charge in [0.1, 0.15) is 5.69 Å². The number of carbonyl (C=O) groups excluding carboxylic acids is 3. The molecule has 2 saturated heterocycles. The van der Waals surface area contributed by atoms with E-state index < -0.39 is 0 Å². The van der Waals surface area contributed by atoms with Gasteiger partial charge in [0.05, 0.1) is 23.4 Å². The average Bonchev–Trinajstić information content (AvgIpc) is 3.09. The van der Waals surface area contributed by atoms with Crippen LogP contribution in [0.1, 0.15) is 23.3 Å². The molecule has 144 valence electrons. The van der Waals surface area contributed by atoms with Crippen molar-refractivity contribution < 1.29 is 14.4 Å². The molecule has 0 radical (unpaired) electrons. The minimum Gasteiger partial charge on any atom is -0.333 e. The average molecular weight is 443 g/mol. The third-order valence-electron chi connectivity index (χ3n) is 6.06. The van der Waals surface area contributed by atoms with Crippen molar-refractivity contribution in [3.8, 4) is 0 Å². The van der Waals surface area contributed by atoms with Gasteiger partial charge in [0.2, 0.25) is 11.8 Å². The van der Waals surface area contributed by atoms with Crippen molar-refractivity contribution in [3.05, 3.63) is 40.5 Å². The SMILES string of the molecule is Cn1nc2cc(Br)ccc2c1C(=O)N1CC(N2C(=O)C3CC=CCC3C2=O)C1. The summed E-state index contributed by atoms with van der Waals surface area (Å²) >= 11 is 3.42. The molecular formula is C20H19BrN4O3. The molecule has 2 fully saturated rings. The molecule has 1 aromatic carbocycles. The van der Waals surface area contributed by atoms with E-state index in [1.165, 1.54) is 4.90 Å². The molecule has 1 aliphatic carbocycles. The van der Waals surface area contributed by atoms with Crippen molar-refractivity contribution in [2.75, 3.05) is 13.1 Å². The lowest BCUT2D eigenvalue weighted by atomic mass is 9.85. The summed E-state index contributed by atoms with van der Waals surface area (Å²) < 4.78 is 2.50. The van der Waals surface area contributed by atoms with Crippen LogP contribution in [0.5, 0.6) is 0 Å². The number of aryl methyl sites for hydroxylation is 1. The Kier molecular flexibility index (Phi) is 3.94. The van der Waals surface area contributed by atoms with Crippen molar-refractivity contribution in [1.29, 1.82) is 0 Å². The van der Waals surface area contributed by atoms with Crippen LogP contribution in [0.3, 0.4) is 0 Å². The van der Waals surface area contributed by atoms with Gasteiger partial charge in [-0.3, -0.25) is 24.0 Å². The van der Waals surface area contributed by atoms with Crippen LogP contribution < -0.4 is 0 Å². The molecule has 7 nitrogen and oxygen atoms in total. The zero-order valence-corrected chi connectivity index (χ0v) is 16.9. The van der Waals surface area contributed by atoms with E-state index in [-0.39, 0.29) is 35.6 Å². The van der Waals surface area contributed by atoms with Gasteiger partial charge in [0.15, 0.2) is 0 Å². The Hall–Kier alpha value is -2.48. The lowest BCUT2D eigenvalue weighted by Gasteiger charge is -2.43. The zero-order valence-electron chi connectivity index (χ0n) is 15.3. The third-order valence-corrected chi connectivity index (χ3v) is 6.55. The van der Waals surface area contributed by atoms with Gasteiger partial charge >= 0.3 is 0 Å². The number of hydrogen-bond donors (Lipinski definition) is 0. The van der Waals surface area contributed by atoms with Crippen LogP contribution in [0.4, 0.5) is 0 Å². The van der Waals surface area contributed by atoms with Crippen molar-refractivity contribution in [1.82, 2.24) is 19.6 Å². The van der Waals surface area contributed by atoms with E-state index in [1.54, 1.807) is 16.6 Å². The van der Waals surface area contributed by atoms with Crippen LogP contribution in [0, 0.1) is 11.8 Å². The van der Waals surface area contributed by atoms with Crippen LogP contribution in [0.2, 0.25) is 0 Å². The Bertz CT molecular complexity index is 1030. The van der Waals surface area contributed by atoms with Gasteiger partial charge in [0.25, 0.3) is 5.91 Å². The smallest absolute Gasteiger partial charge is 0.272 e. The monoisotopic (exact) mass is 442 g/mol. The molecule has 0 saturated carbocycles. The van der Waals surface area contributed by atoms with Gasteiger partial charge in [-0.15, -0.1) is 0 Å². The number of imide groups is 1. The summed E-state index contributed by atoms with van der Waals surface area (Å²) in [5.74, 6) is -0.718. The Labute approximate surface area is 170 Å². The number of likely N-dealkylation sites (tertiary alicyclic amines) is 2. The Morgan fingerprint density at radius 1 is 1.11 bits per heavy atom. The highest BCUT2D eigenvalue weighted by Crippen LogP contribution is 2.37. The number of aromatic nitrogens is 2. The molecule has 0 bridgehead atoms. The molecule has 8 heteroatoms. The number of rotatable bonds is 2. The predicted molar refractivity (Wildman–Crippen MR) is 105 cm³/mol. The number of halogens is 1. The number of nitrogens with zero attached hydrogens (tertiary/aromatic N) is 4. The Morgan fingerprint density at radius 2 is 1.75 bits per heavy atom. The van der Waals surface area contributed by atoms with Crippen molar-refractivity contribution in [2.24, 2.45) is 18.9 Å². The van der Waals surface area contributed by atoms with E-state index in [1.807, 2.05) is 30.4 Å². The molecule has 1 aromatic heterocycles. The summed E-state index contributed by atoms with van der Waals surface area (Å²) in [5.41, 5.74) is 1.27. The van der Waals surface area contributed by atoms with Gasteiger partial charge in [0, 0.05) is 30.0 Å². The number of benzene rings is 1. The fraction of sp³-hybridized carbons (Fsp3) is 0.400. The number of fused-ring (bicyclic) bond motifs is 2. The minimum absolute atomic E-state index is 0.0766. The van der Waals surface area contributed by atoms with Crippen LogP contribution >= 0.6 is 15.9 Å². The minimum atomic E-state index is -0.221. The second kappa shape index (κ2) is 6.27. The quantitative estimate of drug-likeness (QED) is 0.527. The Balaban J connectivity index is 1.34. The molecule has 3 amide bonds. The fourth-order valence-electron chi connectivity index (χ4n) is 4.55. The molecule has 2 atom stereocenters. The first-order chi connectivity index (χ1) is 13.5. The van der Waals surface area contributed by atoms with Crippen LogP contribution in [-0.4, -0.2) is 56.4 Å². The maximum absolute atomic E-state index is 13.0. The molecule has 0 spiro atoms. The maximum atomic E-state index is 13.0. The van der Waals surface area contributed by atoms with Crippen LogP contribution in [-0.2, 0) is 16.6 Å². The molecule has 3 heterocycles. The van der Waals surface area contributed by atoms with Crippen molar-refractivity contribution >= 4 is 44.6 Å². The van der Waals surface area contributed by atoms with E-state index in [2.05, 4.69) is 21.0 Å². The molecule has 2 aromatic rings. The van der Waals surface area contributed by atoms with Gasteiger partial charge in [-0.1, -0.05) is 28.1 Å².